The van der Waals surface area contributed by atoms with Gasteiger partial charge < -0.3 is 9.74 Å². The van der Waals surface area contributed by atoms with Crippen LogP contribution in [0.1, 0.15) is 61.0 Å². The summed E-state index contributed by atoms with van der Waals surface area (Å²) >= 11 is 3.47. The lowest BCUT2D eigenvalue weighted by atomic mass is 9.82. The Morgan fingerprint density at radius 2 is 1.71 bits per heavy atom. The zero-order valence-electron chi connectivity index (χ0n) is 21.5. The van der Waals surface area contributed by atoms with E-state index in [0.717, 1.165) is 59.9 Å². The number of alkyl halides is 3. The van der Waals surface area contributed by atoms with Crippen LogP contribution in [-0.2, 0) is 11.0 Å². The van der Waals surface area contributed by atoms with E-state index < -0.39 is 29.0 Å². The van der Waals surface area contributed by atoms with Crippen molar-refractivity contribution in [2.24, 2.45) is 11.1 Å². The lowest BCUT2D eigenvalue weighted by Crippen LogP contribution is -2.56. The minimum Gasteiger partial charge on any atom is -0.396 e. The molecule has 2 aliphatic rings. The molecule has 0 N–H and O–H groups in total. The molecule has 10 heteroatoms. The molecule has 206 valence electrons. The van der Waals surface area contributed by atoms with Crippen LogP contribution in [0.2, 0.25) is 0 Å². The lowest BCUT2D eigenvalue weighted by molar-refractivity contribution is -0.138. The number of carbonyl (C=O) groups is 1. The highest BCUT2D eigenvalue weighted by Crippen LogP contribution is 2.37. The largest absolute Gasteiger partial charge is 0.417 e. The van der Waals surface area contributed by atoms with Crippen LogP contribution in [-0.4, -0.2) is 59.7 Å². The molecular formula is C28H32BrF4N3O2. The molecule has 2 fully saturated rings. The van der Waals surface area contributed by atoms with Crippen LogP contribution in [0.5, 0.6) is 0 Å². The summed E-state index contributed by atoms with van der Waals surface area (Å²) in [5.74, 6) is -1.80. The van der Waals surface area contributed by atoms with Crippen LogP contribution >= 0.6 is 15.9 Å². The molecule has 1 amide bonds. The first kappa shape index (κ1) is 28.5. The van der Waals surface area contributed by atoms with E-state index in [1.54, 1.807) is 0 Å². The second kappa shape index (κ2) is 11.7. The summed E-state index contributed by atoms with van der Waals surface area (Å²) < 4.78 is 55.7. The first-order valence-electron chi connectivity index (χ1n) is 12.9. The van der Waals surface area contributed by atoms with E-state index in [2.05, 4.69) is 32.9 Å². The number of hydrogen-bond donors (Lipinski definition) is 0. The van der Waals surface area contributed by atoms with Crippen molar-refractivity contribution in [2.75, 3.05) is 32.8 Å². The van der Waals surface area contributed by atoms with E-state index in [4.69, 9.17) is 4.84 Å². The Kier molecular flexibility index (Phi) is 8.82. The van der Waals surface area contributed by atoms with E-state index in [1.807, 2.05) is 31.2 Å². The highest BCUT2D eigenvalue weighted by Gasteiger charge is 2.42. The van der Waals surface area contributed by atoms with Crippen LogP contribution in [0.4, 0.5) is 17.6 Å². The van der Waals surface area contributed by atoms with E-state index in [9.17, 15) is 22.4 Å². The maximum Gasteiger partial charge on any atom is 0.417 e. The summed E-state index contributed by atoms with van der Waals surface area (Å²) in [6, 6.07) is 10.7. The first-order chi connectivity index (χ1) is 18.0. The molecule has 0 spiro atoms. The van der Waals surface area contributed by atoms with Gasteiger partial charge in [0.15, 0.2) is 0 Å². The third-order valence-corrected chi connectivity index (χ3v) is 8.27. The molecule has 0 atom stereocenters. The maximum absolute atomic E-state index is 14.4. The monoisotopic (exact) mass is 597 g/mol. The summed E-state index contributed by atoms with van der Waals surface area (Å²) in [7, 11) is 0. The van der Waals surface area contributed by atoms with Gasteiger partial charge in [0.25, 0.3) is 5.91 Å². The van der Waals surface area contributed by atoms with Crippen molar-refractivity contribution in [1.29, 1.82) is 0 Å². The van der Waals surface area contributed by atoms with Crippen molar-refractivity contribution in [3.05, 3.63) is 69.4 Å². The number of likely N-dealkylation sites (tertiary alicyclic amines) is 2. The molecule has 4 rings (SSSR count). The number of rotatable bonds is 6. The summed E-state index contributed by atoms with van der Waals surface area (Å²) in [5.41, 5.74) is -0.343. The zero-order chi connectivity index (χ0) is 27.5. The number of hydrogen-bond acceptors (Lipinski definition) is 4. The van der Waals surface area contributed by atoms with Crippen LogP contribution in [0.25, 0.3) is 0 Å². The SMILES string of the molecule is CCO/N=C(\c1ccc(Br)cc1)C1CCN(C2(C)CCN(C(=O)c3c(F)cccc3C(F)(F)F)CC2)CC1. The van der Waals surface area contributed by atoms with Gasteiger partial charge in [-0.25, -0.2) is 4.39 Å². The standard InChI is InChI=1S/C28H32BrF4N3O2/c1-3-38-34-25(19-7-9-21(29)10-8-19)20-11-15-36(16-12-20)27(2)13-17-35(18-14-27)26(37)24-22(28(31,32)33)5-4-6-23(24)30/h4-10,20H,3,11-18H2,1-2H3/b34-25+. The second-order valence-corrected chi connectivity index (χ2v) is 11.0. The molecule has 0 aromatic heterocycles. The molecule has 2 heterocycles. The predicted octanol–water partition coefficient (Wildman–Crippen LogP) is 6.75. The molecule has 0 unspecified atom stereocenters. The summed E-state index contributed by atoms with van der Waals surface area (Å²) in [4.78, 5) is 22.2. The molecule has 2 aliphatic heterocycles. The molecule has 5 nitrogen and oxygen atoms in total. The van der Waals surface area contributed by atoms with Crippen LogP contribution in [0.15, 0.2) is 52.1 Å². The number of oxime groups is 1. The van der Waals surface area contributed by atoms with Crippen LogP contribution < -0.4 is 0 Å². The quantitative estimate of drug-likeness (QED) is 0.210. The molecule has 0 bridgehead atoms. The van der Waals surface area contributed by atoms with Crippen molar-refractivity contribution in [3.8, 4) is 0 Å². The Morgan fingerprint density at radius 1 is 1.08 bits per heavy atom. The highest BCUT2D eigenvalue weighted by atomic mass is 79.9. The van der Waals surface area contributed by atoms with Crippen molar-refractivity contribution in [3.63, 3.8) is 0 Å². The molecule has 0 aliphatic carbocycles. The number of carbonyl (C=O) groups excluding carboxylic acids is 1. The average Bonchev–Trinajstić information content (AvgIpc) is 2.89. The molecule has 0 saturated carbocycles. The van der Waals surface area contributed by atoms with Gasteiger partial charge in [0, 0.05) is 29.0 Å². The smallest absolute Gasteiger partial charge is 0.396 e. The number of halogens is 5. The third kappa shape index (κ3) is 6.22. The summed E-state index contributed by atoms with van der Waals surface area (Å²) in [5, 5.41) is 4.44. The van der Waals surface area contributed by atoms with E-state index in [-0.39, 0.29) is 24.5 Å². The number of piperidine rings is 2. The number of benzene rings is 2. The predicted molar refractivity (Wildman–Crippen MR) is 142 cm³/mol. The maximum atomic E-state index is 14.4. The van der Waals surface area contributed by atoms with Crippen molar-refractivity contribution >= 4 is 27.5 Å². The molecule has 0 radical (unpaired) electrons. The zero-order valence-corrected chi connectivity index (χ0v) is 23.1. The van der Waals surface area contributed by atoms with Gasteiger partial charge in [-0.3, -0.25) is 9.69 Å². The van der Waals surface area contributed by atoms with Crippen molar-refractivity contribution in [1.82, 2.24) is 9.80 Å². The van der Waals surface area contributed by atoms with Crippen LogP contribution in [0.3, 0.4) is 0 Å². The van der Waals surface area contributed by atoms with E-state index in [0.29, 0.717) is 19.4 Å². The summed E-state index contributed by atoms with van der Waals surface area (Å²) in [6.07, 6.45) is -1.81. The second-order valence-electron chi connectivity index (χ2n) is 10.1. The van der Waals surface area contributed by atoms with E-state index in [1.165, 1.54) is 4.90 Å². The number of nitrogens with zero attached hydrogens (tertiary/aromatic N) is 3. The molecular weight excluding hydrogens is 566 g/mol. The molecule has 2 aromatic rings. The van der Waals surface area contributed by atoms with Crippen LogP contribution in [0, 0.1) is 11.7 Å². The third-order valence-electron chi connectivity index (χ3n) is 7.74. The van der Waals surface area contributed by atoms with Gasteiger partial charge in [-0.05, 0) is 82.4 Å². The normalized spacial score (nSPS) is 19.4. The first-order valence-corrected chi connectivity index (χ1v) is 13.7. The van der Waals surface area contributed by atoms with Gasteiger partial charge in [0.2, 0.25) is 0 Å². The van der Waals surface area contributed by atoms with Gasteiger partial charge >= 0.3 is 6.18 Å². The lowest BCUT2D eigenvalue weighted by Gasteiger charge is -2.49. The van der Waals surface area contributed by atoms with Gasteiger partial charge in [-0.15, -0.1) is 0 Å². The Bertz CT molecular complexity index is 1150. The Hall–Kier alpha value is -2.46. The molecule has 2 saturated heterocycles. The topological polar surface area (TPSA) is 45.1 Å². The fraction of sp³-hybridized carbons (Fsp3) is 0.500. The minimum absolute atomic E-state index is 0.196. The summed E-state index contributed by atoms with van der Waals surface area (Å²) in [6.45, 7) is 6.75. The minimum atomic E-state index is -4.80. The van der Waals surface area contributed by atoms with Gasteiger partial charge in [-0.2, -0.15) is 13.2 Å². The Labute approximate surface area is 228 Å². The van der Waals surface area contributed by atoms with Crippen molar-refractivity contribution < 1.29 is 27.2 Å². The van der Waals surface area contributed by atoms with Gasteiger partial charge in [0.05, 0.1) is 16.8 Å². The van der Waals surface area contributed by atoms with Crippen molar-refractivity contribution in [2.45, 2.75) is 51.2 Å². The fourth-order valence-corrected chi connectivity index (χ4v) is 5.72. The Balaban J connectivity index is 1.40. The molecule has 38 heavy (non-hydrogen) atoms. The fourth-order valence-electron chi connectivity index (χ4n) is 5.45. The Morgan fingerprint density at radius 3 is 2.29 bits per heavy atom. The average molecular weight is 598 g/mol. The van der Waals surface area contributed by atoms with E-state index >= 15 is 0 Å². The molecule has 2 aromatic carbocycles. The number of amides is 1. The highest BCUT2D eigenvalue weighted by molar-refractivity contribution is 9.10. The van der Waals surface area contributed by atoms with Gasteiger partial charge in [-0.1, -0.05) is 39.3 Å². The van der Waals surface area contributed by atoms with Gasteiger partial charge in [0.1, 0.15) is 12.4 Å².